The number of methoxy groups -OCH3 is 1. The molecule has 6 nitrogen and oxygen atoms in total. The molecule has 2 unspecified atom stereocenters. The van der Waals surface area contributed by atoms with Gasteiger partial charge in [-0.1, -0.05) is 19.9 Å². The van der Waals surface area contributed by atoms with Crippen molar-refractivity contribution < 1.29 is 24.2 Å². The van der Waals surface area contributed by atoms with Gasteiger partial charge >= 0.3 is 5.97 Å². The molecule has 0 heterocycles. The molecular formula is C18H27NO5. The second-order valence-electron chi connectivity index (χ2n) is 6.11. The number of hydrogen-bond acceptors (Lipinski definition) is 4. The van der Waals surface area contributed by atoms with Crippen molar-refractivity contribution in [3.05, 3.63) is 29.3 Å². The van der Waals surface area contributed by atoms with Gasteiger partial charge in [0.15, 0.2) is 6.10 Å². The van der Waals surface area contributed by atoms with Gasteiger partial charge < -0.3 is 19.9 Å². The standard InChI is InChI=1S/C18H27NO5/c1-11(2)15-7-6-14(10-12(15)3)24-13(4)17(20)19-16(18(21)22)8-9-23-5/h6-7,10-11,13,16H,8-9H2,1-5H3,(H,19,20)(H,21,22). The van der Waals surface area contributed by atoms with Crippen molar-refractivity contribution in [2.45, 2.75) is 52.2 Å². The molecule has 1 aromatic carbocycles. The van der Waals surface area contributed by atoms with E-state index >= 15 is 0 Å². The molecular weight excluding hydrogens is 310 g/mol. The number of carbonyl (C=O) groups is 2. The summed E-state index contributed by atoms with van der Waals surface area (Å²) in [5.41, 5.74) is 2.32. The summed E-state index contributed by atoms with van der Waals surface area (Å²) in [5.74, 6) is -0.561. The predicted molar refractivity (Wildman–Crippen MR) is 91.4 cm³/mol. The molecule has 6 heteroatoms. The van der Waals surface area contributed by atoms with Gasteiger partial charge in [0.2, 0.25) is 0 Å². The highest BCUT2D eigenvalue weighted by atomic mass is 16.5. The Kier molecular flexibility index (Phi) is 7.71. The summed E-state index contributed by atoms with van der Waals surface area (Å²) in [6.07, 6.45) is -0.592. The molecule has 0 radical (unpaired) electrons. The zero-order chi connectivity index (χ0) is 18.3. The van der Waals surface area contributed by atoms with Gasteiger partial charge in [0.05, 0.1) is 0 Å². The zero-order valence-corrected chi connectivity index (χ0v) is 15.0. The minimum Gasteiger partial charge on any atom is -0.481 e. The molecule has 0 aliphatic carbocycles. The monoisotopic (exact) mass is 337 g/mol. The number of rotatable bonds is 9. The fourth-order valence-electron chi connectivity index (χ4n) is 2.41. The van der Waals surface area contributed by atoms with Gasteiger partial charge in [0, 0.05) is 20.1 Å². The summed E-state index contributed by atoms with van der Waals surface area (Å²) >= 11 is 0. The molecule has 24 heavy (non-hydrogen) atoms. The number of carbonyl (C=O) groups excluding carboxylic acids is 1. The predicted octanol–water partition coefficient (Wildman–Crippen LogP) is 2.49. The number of nitrogens with one attached hydrogen (secondary N) is 1. The Bertz CT molecular complexity index is 571. The Labute approximate surface area is 143 Å². The van der Waals surface area contributed by atoms with Crippen LogP contribution in [0.5, 0.6) is 5.75 Å². The smallest absolute Gasteiger partial charge is 0.326 e. The number of aliphatic carboxylic acids is 1. The van der Waals surface area contributed by atoms with Crippen LogP contribution in [0, 0.1) is 6.92 Å². The molecule has 0 aliphatic rings. The molecule has 1 amide bonds. The molecule has 1 aromatic rings. The molecule has 134 valence electrons. The van der Waals surface area contributed by atoms with E-state index in [4.69, 9.17) is 14.6 Å². The Morgan fingerprint density at radius 1 is 1.25 bits per heavy atom. The fourth-order valence-corrected chi connectivity index (χ4v) is 2.41. The van der Waals surface area contributed by atoms with Crippen molar-refractivity contribution in [1.82, 2.24) is 5.32 Å². The van der Waals surface area contributed by atoms with Crippen LogP contribution in [0.1, 0.15) is 44.2 Å². The van der Waals surface area contributed by atoms with Crippen molar-refractivity contribution >= 4 is 11.9 Å². The number of ether oxygens (including phenoxy) is 2. The maximum atomic E-state index is 12.1. The van der Waals surface area contributed by atoms with Crippen LogP contribution in [-0.2, 0) is 14.3 Å². The fraction of sp³-hybridized carbons (Fsp3) is 0.556. The van der Waals surface area contributed by atoms with Crippen LogP contribution < -0.4 is 10.1 Å². The molecule has 0 aromatic heterocycles. The lowest BCUT2D eigenvalue weighted by atomic mass is 9.98. The second-order valence-corrected chi connectivity index (χ2v) is 6.11. The van der Waals surface area contributed by atoms with Crippen LogP contribution in [-0.4, -0.2) is 42.8 Å². The average molecular weight is 337 g/mol. The summed E-state index contributed by atoms with van der Waals surface area (Å²) in [6.45, 7) is 8.08. The van der Waals surface area contributed by atoms with E-state index in [1.165, 1.54) is 12.7 Å². The minimum atomic E-state index is -1.09. The van der Waals surface area contributed by atoms with Crippen LogP contribution >= 0.6 is 0 Å². The van der Waals surface area contributed by atoms with E-state index < -0.39 is 24.0 Å². The lowest BCUT2D eigenvalue weighted by Crippen LogP contribution is -2.46. The number of aryl methyl sites for hydroxylation is 1. The molecule has 0 bridgehead atoms. The van der Waals surface area contributed by atoms with Gasteiger partial charge in [-0.25, -0.2) is 4.79 Å². The van der Waals surface area contributed by atoms with Crippen LogP contribution in [0.25, 0.3) is 0 Å². The molecule has 2 N–H and O–H groups in total. The second kappa shape index (κ2) is 9.27. The highest BCUT2D eigenvalue weighted by Crippen LogP contribution is 2.24. The van der Waals surface area contributed by atoms with E-state index in [1.54, 1.807) is 6.92 Å². The Hall–Kier alpha value is -2.08. The first-order valence-corrected chi connectivity index (χ1v) is 8.05. The van der Waals surface area contributed by atoms with Gasteiger partial charge in [0.1, 0.15) is 11.8 Å². The third-order valence-corrected chi connectivity index (χ3v) is 3.77. The summed E-state index contributed by atoms with van der Waals surface area (Å²) in [7, 11) is 1.48. The number of carboxylic acid groups (broad SMARTS) is 1. The molecule has 0 saturated heterocycles. The lowest BCUT2D eigenvalue weighted by Gasteiger charge is -2.19. The van der Waals surface area contributed by atoms with Crippen LogP contribution in [0.15, 0.2) is 18.2 Å². The first-order chi connectivity index (χ1) is 11.3. The molecule has 0 saturated carbocycles. The van der Waals surface area contributed by atoms with E-state index in [0.717, 1.165) is 5.56 Å². The maximum Gasteiger partial charge on any atom is 0.326 e. The van der Waals surface area contributed by atoms with Gasteiger partial charge in [-0.2, -0.15) is 0 Å². The number of carboxylic acids is 1. The first-order valence-electron chi connectivity index (χ1n) is 8.05. The van der Waals surface area contributed by atoms with Crippen LogP contribution in [0.3, 0.4) is 0 Å². The highest BCUT2D eigenvalue weighted by Gasteiger charge is 2.23. The van der Waals surface area contributed by atoms with Crippen molar-refractivity contribution in [1.29, 1.82) is 0 Å². The van der Waals surface area contributed by atoms with Gasteiger partial charge in [0.25, 0.3) is 5.91 Å². The number of benzene rings is 1. The van der Waals surface area contributed by atoms with E-state index in [-0.39, 0.29) is 13.0 Å². The maximum absolute atomic E-state index is 12.1. The van der Waals surface area contributed by atoms with Gasteiger partial charge in [-0.15, -0.1) is 0 Å². The lowest BCUT2D eigenvalue weighted by molar-refractivity contribution is -0.143. The Morgan fingerprint density at radius 3 is 2.42 bits per heavy atom. The van der Waals surface area contributed by atoms with E-state index in [2.05, 4.69) is 19.2 Å². The van der Waals surface area contributed by atoms with E-state index in [1.807, 2.05) is 25.1 Å². The third-order valence-electron chi connectivity index (χ3n) is 3.77. The molecule has 0 fully saturated rings. The zero-order valence-electron chi connectivity index (χ0n) is 15.0. The number of amides is 1. The SMILES string of the molecule is COCCC(NC(=O)C(C)Oc1ccc(C(C)C)c(C)c1)C(=O)O. The topological polar surface area (TPSA) is 84.9 Å². The minimum absolute atomic E-state index is 0.201. The van der Waals surface area contributed by atoms with Crippen molar-refractivity contribution in [3.63, 3.8) is 0 Å². The summed E-state index contributed by atoms with van der Waals surface area (Å²) in [4.78, 5) is 23.3. The summed E-state index contributed by atoms with van der Waals surface area (Å²) < 4.78 is 10.5. The summed E-state index contributed by atoms with van der Waals surface area (Å²) in [5, 5.41) is 11.6. The Balaban J connectivity index is 2.69. The third kappa shape index (κ3) is 5.85. The van der Waals surface area contributed by atoms with Crippen molar-refractivity contribution in [2.75, 3.05) is 13.7 Å². The quantitative estimate of drug-likeness (QED) is 0.723. The van der Waals surface area contributed by atoms with Crippen molar-refractivity contribution in [3.8, 4) is 5.75 Å². The normalized spacial score (nSPS) is 13.4. The van der Waals surface area contributed by atoms with E-state index in [9.17, 15) is 9.59 Å². The molecule has 0 aliphatic heterocycles. The molecule has 1 rings (SSSR count). The number of hydrogen-bond donors (Lipinski definition) is 2. The van der Waals surface area contributed by atoms with Gasteiger partial charge in [-0.3, -0.25) is 4.79 Å². The largest absolute Gasteiger partial charge is 0.481 e. The molecule has 0 spiro atoms. The Morgan fingerprint density at radius 2 is 1.92 bits per heavy atom. The van der Waals surface area contributed by atoms with Gasteiger partial charge in [-0.05, 0) is 43.0 Å². The highest BCUT2D eigenvalue weighted by molar-refractivity contribution is 5.86. The van der Waals surface area contributed by atoms with Crippen LogP contribution in [0.2, 0.25) is 0 Å². The summed E-state index contributed by atoms with van der Waals surface area (Å²) in [6, 6.07) is 4.71. The first kappa shape index (κ1) is 20.0. The van der Waals surface area contributed by atoms with E-state index in [0.29, 0.717) is 11.7 Å². The molecule has 2 atom stereocenters. The van der Waals surface area contributed by atoms with Crippen LogP contribution in [0.4, 0.5) is 0 Å². The van der Waals surface area contributed by atoms with Crippen molar-refractivity contribution in [2.24, 2.45) is 0 Å². The average Bonchev–Trinajstić information content (AvgIpc) is 2.50.